The highest BCUT2D eigenvalue weighted by Crippen LogP contribution is 2.29. The number of nitrogens with zero attached hydrogens (tertiary/aromatic N) is 1. The maximum Gasteiger partial charge on any atom is 0.408 e. The second-order valence-corrected chi connectivity index (χ2v) is 10.2. The van der Waals surface area contributed by atoms with Crippen LogP contribution in [0, 0.1) is 0 Å². The van der Waals surface area contributed by atoms with Gasteiger partial charge in [-0.2, -0.15) is 0 Å². The van der Waals surface area contributed by atoms with Gasteiger partial charge in [0.1, 0.15) is 11.4 Å². The predicted octanol–water partition coefficient (Wildman–Crippen LogP) is 3.34. The molecule has 1 aromatic rings. The van der Waals surface area contributed by atoms with Crippen molar-refractivity contribution < 1.29 is 17.9 Å². The van der Waals surface area contributed by atoms with Crippen LogP contribution in [0.2, 0.25) is 0 Å². The molecule has 154 valence electrons. The number of aliphatic imine (C=N–C) groups is 1. The Kier molecular flexibility index (Phi) is 5.70. The molecule has 1 aliphatic heterocycles. The van der Waals surface area contributed by atoms with Gasteiger partial charge in [-0.25, -0.2) is 13.2 Å². The summed E-state index contributed by atoms with van der Waals surface area (Å²) in [5.41, 5.74) is -0.542. The van der Waals surface area contributed by atoms with Crippen LogP contribution in [0.3, 0.4) is 0 Å². The fourth-order valence-corrected chi connectivity index (χ4v) is 4.98. The Morgan fingerprint density at radius 1 is 1.18 bits per heavy atom. The first-order chi connectivity index (χ1) is 13.1. The van der Waals surface area contributed by atoms with E-state index in [0.29, 0.717) is 17.9 Å². The van der Waals surface area contributed by atoms with E-state index in [1.165, 1.54) is 0 Å². The highest BCUT2D eigenvalue weighted by Gasteiger charge is 2.36. The van der Waals surface area contributed by atoms with Crippen molar-refractivity contribution in [3.05, 3.63) is 29.8 Å². The van der Waals surface area contributed by atoms with Gasteiger partial charge in [0.25, 0.3) is 10.0 Å². The zero-order valence-electron chi connectivity index (χ0n) is 16.7. The lowest BCUT2D eigenvalue weighted by Crippen LogP contribution is -2.52. The number of alkyl carbamates (subject to hydrolysis) is 1. The van der Waals surface area contributed by atoms with Crippen molar-refractivity contribution >= 4 is 22.0 Å². The Morgan fingerprint density at radius 2 is 1.82 bits per heavy atom. The van der Waals surface area contributed by atoms with Gasteiger partial charge < -0.3 is 10.1 Å². The Labute approximate surface area is 167 Å². The van der Waals surface area contributed by atoms with Gasteiger partial charge >= 0.3 is 6.09 Å². The molecule has 28 heavy (non-hydrogen) atoms. The van der Waals surface area contributed by atoms with E-state index in [2.05, 4.69) is 15.0 Å². The number of benzene rings is 1. The number of fused-ring (bicyclic) bond motifs is 1. The van der Waals surface area contributed by atoms with Crippen LogP contribution in [0.4, 0.5) is 4.79 Å². The summed E-state index contributed by atoms with van der Waals surface area (Å²) in [5.74, 6) is 0.338. The monoisotopic (exact) mass is 407 g/mol. The SMILES string of the molecule is CC(C)(C)OC(=O)NC1(CN=C2NS(=O)(=O)c3ccccc32)CCCCCC1. The van der Waals surface area contributed by atoms with Crippen molar-refractivity contribution in [3.8, 4) is 0 Å². The van der Waals surface area contributed by atoms with E-state index in [0.717, 1.165) is 38.5 Å². The number of carbonyl (C=O) groups is 1. The van der Waals surface area contributed by atoms with E-state index in [9.17, 15) is 13.2 Å². The zero-order chi connectivity index (χ0) is 20.4. The van der Waals surface area contributed by atoms with Crippen LogP contribution in [0.15, 0.2) is 34.2 Å². The van der Waals surface area contributed by atoms with Crippen LogP contribution >= 0.6 is 0 Å². The second kappa shape index (κ2) is 7.73. The van der Waals surface area contributed by atoms with Gasteiger partial charge in [0.2, 0.25) is 0 Å². The normalized spacial score (nSPS) is 22.0. The molecule has 0 unspecified atom stereocenters. The van der Waals surface area contributed by atoms with Crippen molar-refractivity contribution in [2.75, 3.05) is 6.54 Å². The summed E-state index contributed by atoms with van der Waals surface area (Å²) in [6, 6.07) is 6.79. The summed E-state index contributed by atoms with van der Waals surface area (Å²) in [5, 5.41) is 3.05. The maximum atomic E-state index is 12.4. The number of hydrogen-bond acceptors (Lipinski definition) is 5. The van der Waals surface area contributed by atoms with Crippen LogP contribution in [0.1, 0.15) is 64.9 Å². The number of sulfonamides is 1. The molecule has 0 spiro atoms. The number of nitrogens with one attached hydrogen (secondary N) is 2. The van der Waals surface area contributed by atoms with Gasteiger partial charge in [-0.15, -0.1) is 0 Å². The van der Waals surface area contributed by atoms with Crippen LogP contribution in [-0.2, 0) is 14.8 Å². The third kappa shape index (κ3) is 4.84. The molecule has 0 atom stereocenters. The van der Waals surface area contributed by atoms with Crippen LogP contribution in [0.25, 0.3) is 0 Å². The summed E-state index contributed by atoms with van der Waals surface area (Å²) in [7, 11) is -3.57. The number of ether oxygens (including phenoxy) is 1. The van der Waals surface area contributed by atoms with Crippen molar-refractivity contribution in [2.24, 2.45) is 4.99 Å². The number of hydrogen-bond donors (Lipinski definition) is 2. The molecule has 2 N–H and O–H groups in total. The lowest BCUT2D eigenvalue weighted by molar-refractivity contribution is 0.0447. The predicted molar refractivity (Wildman–Crippen MR) is 108 cm³/mol. The van der Waals surface area contributed by atoms with Crippen molar-refractivity contribution in [1.82, 2.24) is 10.0 Å². The largest absolute Gasteiger partial charge is 0.444 e. The Morgan fingerprint density at radius 3 is 2.46 bits per heavy atom. The summed E-state index contributed by atoms with van der Waals surface area (Å²) in [6.07, 6.45) is 5.33. The van der Waals surface area contributed by atoms with Gasteiger partial charge in [-0.1, -0.05) is 37.8 Å². The van der Waals surface area contributed by atoms with E-state index in [4.69, 9.17) is 4.74 Å². The minimum Gasteiger partial charge on any atom is -0.444 e. The molecule has 8 heteroatoms. The molecule has 1 heterocycles. The van der Waals surface area contributed by atoms with Crippen molar-refractivity contribution in [1.29, 1.82) is 0 Å². The smallest absolute Gasteiger partial charge is 0.408 e. The van der Waals surface area contributed by atoms with Gasteiger partial charge in [0.15, 0.2) is 0 Å². The maximum absolute atomic E-state index is 12.4. The van der Waals surface area contributed by atoms with E-state index < -0.39 is 27.3 Å². The summed E-state index contributed by atoms with van der Waals surface area (Å²) >= 11 is 0. The van der Waals surface area contributed by atoms with Crippen LogP contribution in [-0.4, -0.2) is 38.0 Å². The first-order valence-electron chi connectivity index (χ1n) is 9.78. The van der Waals surface area contributed by atoms with E-state index in [1.807, 2.05) is 20.8 Å². The molecule has 7 nitrogen and oxygen atoms in total. The fraction of sp³-hybridized carbons (Fsp3) is 0.600. The Bertz CT molecular complexity index is 864. The quantitative estimate of drug-likeness (QED) is 0.751. The number of rotatable bonds is 3. The summed E-state index contributed by atoms with van der Waals surface area (Å²) in [4.78, 5) is 17.3. The molecule has 1 amide bonds. The van der Waals surface area contributed by atoms with E-state index >= 15 is 0 Å². The average Bonchev–Trinajstić information content (AvgIpc) is 2.73. The molecule has 3 rings (SSSR count). The number of amidine groups is 1. The van der Waals surface area contributed by atoms with E-state index in [-0.39, 0.29) is 4.90 Å². The highest BCUT2D eigenvalue weighted by atomic mass is 32.2. The molecule has 0 radical (unpaired) electrons. The average molecular weight is 408 g/mol. The van der Waals surface area contributed by atoms with Gasteiger partial charge in [-0.3, -0.25) is 9.71 Å². The third-order valence-corrected chi connectivity index (χ3v) is 6.43. The summed E-state index contributed by atoms with van der Waals surface area (Å²) < 4.78 is 32.6. The minimum absolute atomic E-state index is 0.240. The van der Waals surface area contributed by atoms with Crippen LogP contribution in [0.5, 0.6) is 0 Å². The van der Waals surface area contributed by atoms with Crippen LogP contribution < -0.4 is 10.0 Å². The lowest BCUT2D eigenvalue weighted by Gasteiger charge is -2.33. The number of carbonyl (C=O) groups excluding carboxylic acids is 1. The molecule has 1 aliphatic carbocycles. The Balaban J connectivity index is 1.84. The topological polar surface area (TPSA) is 96.9 Å². The molecule has 0 bridgehead atoms. The van der Waals surface area contributed by atoms with Crippen molar-refractivity contribution in [3.63, 3.8) is 0 Å². The second-order valence-electron chi connectivity index (χ2n) is 8.59. The molecule has 1 saturated carbocycles. The number of amides is 1. The molecule has 0 saturated heterocycles. The highest BCUT2D eigenvalue weighted by molar-refractivity contribution is 7.90. The van der Waals surface area contributed by atoms with Gasteiger partial charge in [0.05, 0.1) is 17.0 Å². The van der Waals surface area contributed by atoms with Gasteiger partial charge in [0, 0.05) is 5.56 Å². The lowest BCUT2D eigenvalue weighted by atomic mass is 9.90. The first kappa shape index (κ1) is 20.6. The first-order valence-corrected chi connectivity index (χ1v) is 11.3. The molecular weight excluding hydrogens is 378 g/mol. The van der Waals surface area contributed by atoms with Crippen molar-refractivity contribution in [2.45, 2.75) is 75.3 Å². The third-order valence-electron chi connectivity index (χ3n) is 5.03. The molecule has 1 fully saturated rings. The molecular formula is C20H29N3O4S. The molecule has 2 aliphatic rings. The molecule has 1 aromatic carbocycles. The summed E-state index contributed by atoms with van der Waals surface area (Å²) in [6.45, 7) is 5.79. The van der Waals surface area contributed by atoms with Gasteiger partial charge in [-0.05, 0) is 45.7 Å². The minimum atomic E-state index is -3.57. The standard InChI is InChI=1S/C20H29N3O4S/c1-19(2,3)27-18(24)22-20(12-8-4-5-9-13-20)14-21-17-15-10-6-7-11-16(15)28(25,26)23-17/h6-7,10-11H,4-5,8-9,12-14H2,1-3H3,(H,21,23)(H,22,24). The Hall–Kier alpha value is -2.09. The zero-order valence-corrected chi connectivity index (χ0v) is 17.6. The fourth-order valence-electron chi connectivity index (χ4n) is 3.73. The molecule has 0 aromatic heterocycles. The van der Waals surface area contributed by atoms with E-state index in [1.54, 1.807) is 24.3 Å².